The molecule has 2 heterocycles. The van der Waals surface area contributed by atoms with E-state index in [0.717, 1.165) is 4.90 Å². The summed E-state index contributed by atoms with van der Waals surface area (Å²) >= 11 is 0. The number of para-hydroxylation sites is 2. The molecule has 0 aliphatic carbocycles. The number of rotatable bonds is 5. The number of anilines is 1. The van der Waals surface area contributed by atoms with E-state index in [1.54, 1.807) is 29.2 Å². The third kappa shape index (κ3) is 4.06. The number of nitro benzene ring substituents is 1. The molecule has 0 unspecified atom stereocenters. The van der Waals surface area contributed by atoms with Crippen LogP contribution in [0.4, 0.5) is 11.4 Å². The number of amides is 2. The summed E-state index contributed by atoms with van der Waals surface area (Å²) in [6, 6.07) is 9.33. The molecule has 9 heteroatoms. The molecule has 1 aliphatic rings. The Morgan fingerprint density at radius 3 is 2.58 bits per heavy atom. The first kappa shape index (κ1) is 17.6. The number of nitro groups is 1. The van der Waals surface area contributed by atoms with Crippen molar-refractivity contribution in [1.29, 1.82) is 0 Å². The first-order valence-corrected chi connectivity index (χ1v) is 8.24. The number of furan rings is 1. The standard InChI is InChI=1S/C17H18N4O5/c22-16(18-13-4-1-2-5-14(13)21(24)25)12-19-7-9-20(10-8-19)17(23)15-6-3-11-26-15/h1-6,11H,7-10,12H2,(H,18,22)/p+1. The average molecular weight is 359 g/mol. The van der Waals surface area contributed by atoms with Crippen molar-refractivity contribution >= 4 is 23.2 Å². The summed E-state index contributed by atoms with van der Waals surface area (Å²) < 4.78 is 5.12. The van der Waals surface area contributed by atoms with Crippen molar-refractivity contribution in [3.05, 3.63) is 58.5 Å². The van der Waals surface area contributed by atoms with Gasteiger partial charge in [0.1, 0.15) is 5.69 Å². The topological polar surface area (TPSA) is 110 Å². The molecule has 136 valence electrons. The summed E-state index contributed by atoms with van der Waals surface area (Å²) in [4.78, 5) is 37.6. The zero-order valence-electron chi connectivity index (χ0n) is 14.0. The predicted molar refractivity (Wildman–Crippen MR) is 91.9 cm³/mol. The first-order valence-electron chi connectivity index (χ1n) is 8.24. The average Bonchev–Trinajstić information content (AvgIpc) is 3.16. The van der Waals surface area contributed by atoms with Crippen molar-refractivity contribution in [2.45, 2.75) is 0 Å². The van der Waals surface area contributed by atoms with E-state index >= 15 is 0 Å². The van der Waals surface area contributed by atoms with Gasteiger partial charge in [0, 0.05) is 6.07 Å². The molecule has 0 saturated carbocycles. The van der Waals surface area contributed by atoms with E-state index in [1.807, 2.05) is 0 Å². The summed E-state index contributed by atoms with van der Waals surface area (Å²) in [6.07, 6.45) is 1.46. The van der Waals surface area contributed by atoms with Crippen LogP contribution >= 0.6 is 0 Å². The number of quaternary nitrogens is 1. The maximum atomic E-state index is 12.2. The van der Waals surface area contributed by atoms with Crippen LogP contribution in [0.2, 0.25) is 0 Å². The van der Waals surface area contributed by atoms with Crippen LogP contribution in [-0.4, -0.2) is 54.4 Å². The number of benzene rings is 1. The molecule has 9 nitrogen and oxygen atoms in total. The Morgan fingerprint density at radius 1 is 1.19 bits per heavy atom. The number of piperazine rings is 1. The van der Waals surface area contributed by atoms with Crippen molar-refractivity contribution in [3.63, 3.8) is 0 Å². The maximum absolute atomic E-state index is 12.2. The summed E-state index contributed by atoms with van der Waals surface area (Å²) in [5.41, 5.74) is 0.0539. The molecule has 3 rings (SSSR count). The number of hydrogen-bond acceptors (Lipinski definition) is 5. The van der Waals surface area contributed by atoms with Crippen LogP contribution in [0.25, 0.3) is 0 Å². The molecule has 0 radical (unpaired) electrons. The number of nitrogens with one attached hydrogen (secondary N) is 2. The fourth-order valence-corrected chi connectivity index (χ4v) is 2.92. The molecule has 0 atom stereocenters. The van der Waals surface area contributed by atoms with Gasteiger partial charge in [0.05, 0.1) is 37.4 Å². The Labute approximate surface area is 149 Å². The highest BCUT2D eigenvalue weighted by atomic mass is 16.6. The van der Waals surface area contributed by atoms with Crippen molar-refractivity contribution in [2.75, 3.05) is 38.0 Å². The van der Waals surface area contributed by atoms with Gasteiger partial charge in [0.25, 0.3) is 17.5 Å². The van der Waals surface area contributed by atoms with Crippen LogP contribution in [0.1, 0.15) is 10.6 Å². The number of carbonyl (C=O) groups excluding carboxylic acids is 2. The summed E-state index contributed by atoms with van der Waals surface area (Å²) in [7, 11) is 0. The monoisotopic (exact) mass is 359 g/mol. The quantitative estimate of drug-likeness (QED) is 0.584. The van der Waals surface area contributed by atoms with Gasteiger partial charge in [-0.15, -0.1) is 0 Å². The molecule has 0 spiro atoms. The fraction of sp³-hybridized carbons (Fsp3) is 0.294. The lowest BCUT2D eigenvalue weighted by atomic mass is 10.2. The van der Waals surface area contributed by atoms with E-state index < -0.39 is 4.92 Å². The molecule has 26 heavy (non-hydrogen) atoms. The van der Waals surface area contributed by atoms with Crippen LogP contribution in [0.5, 0.6) is 0 Å². The minimum Gasteiger partial charge on any atom is -0.459 e. The molecule has 1 saturated heterocycles. The van der Waals surface area contributed by atoms with Gasteiger partial charge in [-0.2, -0.15) is 0 Å². The van der Waals surface area contributed by atoms with Crippen LogP contribution in [0.3, 0.4) is 0 Å². The highest BCUT2D eigenvalue weighted by Crippen LogP contribution is 2.22. The van der Waals surface area contributed by atoms with E-state index in [0.29, 0.717) is 31.9 Å². The molecule has 1 fully saturated rings. The molecular formula is C17H19N4O5+. The van der Waals surface area contributed by atoms with Gasteiger partial charge in [0.15, 0.2) is 12.3 Å². The number of nitrogens with zero attached hydrogens (tertiary/aromatic N) is 2. The Morgan fingerprint density at radius 2 is 1.92 bits per heavy atom. The normalized spacial score (nSPS) is 14.8. The lowest BCUT2D eigenvalue weighted by molar-refractivity contribution is -0.895. The van der Waals surface area contributed by atoms with Gasteiger partial charge < -0.3 is 19.5 Å². The Balaban J connectivity index is 1.51. The molecule has 2 aromatic rings. The van der Waals surface area contributed by atoms with Gasteiger partial charge in [-0.25, -0.2) is 0 Å². The van der Waals surface area contributed by atoms with Gasteiger partial charge in [-0.1, -0.05) is 12.1 Å². The molecule has 1 aromatic heterocycles. The van der Waals surface area contributed by atoms with Crippen LogP contribution in [-0.2, 0) is 4.79 Å². The minimum absolute atomic E-state index is 0.135. The van der Waals surface area contributed by atoms with E-state index in [9.17, 15) is 19.7 Å². The minimum atomic E-state index is -0.526. The SMILES string of the molecule is O=C(C[NH+]1CCN(C(=O)c2ccco2)CC1)Nc1ccccc1[N+](=O)[O-]. The molecule has 2 N–H and O–H groups in total. The highest BCUT2D eigenvalue weighted by Gasteiger charge is 2.27. The molecule has 2 amide bonds. The van der Waals surface area contributed by atoms with E-state index in [-0.39, 0.29) is 29.7 Å². The van der Waals surface area contributed by atoms with Gasteiger partial charge >= 0.3 is 0 Å². The third-order valence-electron chi connectivity index (χ3n) is 4.28. The van der Waals surface area contributed by atoms with Crippen molar-refractivity contribution < 1.29 is 23.8 Å². The first-order chi connectivity index (χ1) is 12.5. The smallest absolute Gasteiger partial charge is 0.292 e. The predicted octanol–water partition coefficient (Wildman–Crippen LogP) is 0.167. The maximum Gasteiger partial charge on any atom is 0.292 e. The Bertz CT molecular complexity index is 797. The van der Waals surface area contributed by atoms with E-state index in [1.165, 1.54) is 18.4 Å². The Hall–Kier alpha value is -3.20. The Kier molecular flexibility index (Phi) is 5.28. The molecule has 1 aromatic carbocycles. The second kappa shape index (κ2) is 7.79. The number of carbonyl (C=O) groups is 2. The highest BCUT2D eigenvalue weighted by molar-refractivity contribution is 5.93. The second-order valence-corrected chi connectivity index (χ2v) is 6.02. The second-order valence-electron chi connectivity index (χ2n) is 6.02. The fourth-order valence-electron chi connectivity index (χ4n) is 2.92. The van der Waals surface area contributed by atoms with Crippen molar-refractivity contribution in [3.8, 4) is 0 Å². The lowest BCUT2D eigenvalue weighted by Crippen LogP contribution is -3.15. The van der Waals surface area contributed by atoms with E-state index in [2.05, 4.69) is 5.32 Å². The van der Waals surface area contributed by atoms with E-state index in [4.69, 9.17) is 4.42 Å². The van der Waals surface area contributed by atoms with Crippen LogP contribution < -0.4 is 10.2 Å². The van der Waals surface area contributed by atoms with Crippen LogP contribution in [0.15, 0.2) is 47.1 Å². The van der Waals surface area contributed by atoms with Crippen LogP contribution in [0, 0.1) is 10.1 Å². The molecule has 1 aliphatic heterocycles. The zero-order valence-corrected chi connectivity index (χ0v) is 14.0. The summed E-state index contributed by atoms with van der Waals surface area (Å²) in [5, 5.41) is 13.6. The number of hydrogen-bond donors (Lipinski definition) is 2. The third-order valence-corrected chi connectivity index (χ3v) is 4.28. The molecular weight excluding hydrogens is 340 g/mol. The van der Waals surface area contributed by atoms with Crippen molar-refractivity contribution in [2.24, 2.45) is 0 Å². The summed E-state index contributed by atoms with van der Waals surface area (Å²) in [6.45, 7) is 2.48. The largest absolute Gasteiger partial charge is 0.459 e. The van der Waals surface area contributed by atoms with Gasteiger partial charge in [-0.05, 0) is 18.2 Å². The van der Waals surface area contributed by atoms with Gasteiger partial charge in [-0.3, -0.25) is 19.7 Å². The van der Waals surface area contributed by atoms with Crippen molar-refractivity contribution in [1.82, 2.24) is 4.90 Å². The van der Waals surface area contributed by atoms with Gasteiger partial charge in [0.2, 0.25) is 0 Å². The molecule has 0 bridgehead atoms. The summed E-state index contributed by atoms with van der Waals surface area (Å²) in [5.74, 6) is -0.138. The lowest BCUT2D eigenvalue weighted by Gasteiger charge is -2.31. The zero-order chi connectivity index (χ0) is 18.5.